The number of carbonyl (C=O) groups is 1. The molecule has 2 rings (SSSR count). The zero-order chi connectivity index (χ0) is 15.2. The molecule has 4 nitrogen and oxygen atoms in total. The third-order valence-corrected chi connectivity index (χ3v) is 3.26. The molecule has 0 saturated heterocycles. The molecule has 0 aliphatic carbocycles. The van der Waals surface area contributed by atoms with Crippen LogP contribution in [0.4, 0.5) is 0 Å². The van der Waals surface area contributed by atoms with E-state index < -0.39 is 0 Å². The minimum absolute atomic E-state index is 0.0732. The van der Waals surface area contributed by atoms with Crippen molar-refractivity contribution >= 4 is 5.91 Å². The standard InChI is InChI=1S/C17H19NO3/c1-12(13-7-5-4-6-8-13)18-17(19)14-9-15(20-2)11-16(10-14)21-3/h4-12H,1-3H3,(H,18,19)/t12-/m0/s1. The summed E-state index contributed by atoms with van der Waals surface area (Å²) in [7, 11) is 3.12. The number of hydrogen-bond acceptors (Lipinski definition) is 3. The molecule has 0 saturated carbocycles. The first-order chi connectivity index (χ1) is 10.1. The Balaban J connectivity index is 2.16. The summed E-state index contributed by atoms with van der Waals surface area (Å²) in [6.07, 6.45) is 0. The van der Waals surface area contributed by atoms with Crippen LogP contribution in [0, 0.1) is 0 Å². The van der Waals surface area contributed by atoms with E-state index in [0.29, 0.717) is 17.1 Å². The van der Waals surface area contributed by atoms with E-state index in [1.807, 2.05) is 37.3 Å². The zero-order valence-corrected chi connectivity index (χ0v) is 12.4. The van der Waals surface area contributed by atoms with Gasteiger partial charge in [0.25, 0.3) is 5.91 Å². The van der Waals surface area contributed by atoms with Gasteiger partial charge in [0, 0.05) is 11.6 Å². The SMILES string of the molecule is COc1cc(OC)cc(C(=O)N[C@@H](C)c2ccccc2)c1. The number of methoxy groups -OCH3 is 2. The van der Waals surface area contributed by atoms with Gasteiger partial charge in [-0.15, -0.1) is 0 Å². The van der Waals surface area contributed by atoms with Crippen molar-refractivity contribution in [1.29, 1.82) is 0 Å². The van der Waals surface area contributed by atoms with Crippen LogP contribution in [0.15, 0.2) is 48.5 Å². The molecule has 2 aromatic rings. The van der Waals surface area contributed by atoms with Crippen molar-refractivity contribution in [1.82, 2.24) is 5.32 Å². The molecule has 1 N–H and O–H groups in total. The first-order valence-electron chi connectivity index (χ1n) is 6.73. The minimum Gasteiger partial charge on any atom is -0.497 e. The zero-order valence-electron chi connectivity index (χ0n) is 12.4. The van der Waals surface area contributed by atoms with Gasteiger partial charge in [-0.2, -0.15) is 0 Å². The van der Waals surface area contributed by atoms with Gasteiger partial charge in [0.1, 0.15) is 11.5 Å². The first kappa shape index (κ1) is 14.9. The molecular weight excluding hydrogens is 266 g/mol. The van der Waals surface area contributed by atoms with Crippen molar-refractivity contribution in [2.24, 2.45) is 0 Å². The highest BCUT2D eigenvalue weighted by atomic mass is 16.5. The molecule has 1 amide bonds. The first-order valence-corrected chi connectivity index (χ1v) is 6.73. The summed E-state index contributed by atoms with van der Waals surface area (Å²) >= 11 is 0. The summed E-state index contributed by atoms with van der Waals surface area (Å²) in [4.78, 5) is 12.3. The van der Waals surface area contributed by atoms with Gasteiger partial charge in [-0.1, -0.05) is 30.3 Å². The largest absolute Gasteiger partial charge is 0.497 e. The molecule has 0 radical (unpaired) electrons. The summed E-state index contributed by atoms with van der Waals surface area (Å²) in [5.41, 5.74) is 1.56. The third-order valence-electron chi connectivity index (χ3n) is 3.26. The molecule has 1 atom stereocenters. The maximum Gasteiger partial charge on any atom is 0.252 e. The number of nitrogens with one attached hydrogen (secondary N) is 1. The van der Waals surface area contributed by atoms with Gasteiger partial charge >= 0.3 is 0 Å². The fourth-order valence-electron chi connectivity index (χ4n) is 2.04. The molecule has 0 spiro atoms. The summed E-state index contributed by atoms with van der Waals surface area (Å²) in [6.45, 7) is 1.95. The van der Waals surface area contributed by atoms with E-state index in [-0.39, 0.29) is 11.9 Å². The molecule has 0 unspecified atom stereocenters. The van der Waals surface area contributed by atoms with Crippen molar-refractivity contribution in [2.75, 3.05) is 14.2 Å². The van der Waals surface area contributed by atoms with E-state index in [2.05, 4.69) is 5.32 Å². The lowest BCUT2D eigenvalue weighted by Crippen LogP contribution is -2.26. The normalized spacial score (nSPS) is 11.6. The van der Waals surface area contributed by atoms with Crippen LogP contribution in [0.3, 0.4) is 0 Å². The Labute approximate surface area is 124 Å². The molecule has 0 fully saturated rings. The van der Waals surface area contributed by atoms with Crippen LogP contribution in [0.2, 0.25) is 0 Å². The van der Waals surface area contributed by atoms with E-state index in [9.17, 15) is 4.79 Å². The predicted molar refractivity (Wildman–Crippen MR) is 81.9 cm³/mol. The molecule has 4 heteroatoms. The van der Waals surface area contributed by atoms with Crippen LogP contribution in [0.25, 0.3) is 0 Å². The van der Waals surface area contributed by atoms with Crippen molar-refractivity contribution in [3.8, 4) is 11.5 Å². The van der Waals surface area contributed by atoms with Crippen LogP contribution < -0.4 is 14.8 Å². The van der Waals surface area contributed by atoms with E-state index in [4.69, 9.17) is 9.47 Å². The van der Waals surface area contributed by atoms with Gasteiger partial charge in [-0.3, -0.25) is 4.79 Å². The van der Waals surface area contributed by atoms with Crippen molar-refractivity contribution < 1.29 is 14.3 Å². The summed E-state index contributed by atoms with van der Waals surface area (Å²) in [5.74, 6) is 1.02. The lowest BCUT2D eigenvalue weighted by atomic mass is 10.1. The molecule has 0 aromatic heterocycles. The van der Waals surface area contributed by atoms with Crippen LogP contribution >= 0.6 is 0 Å². The molecule has 2 aromatic carbocycles. The van der Waals surface area contributed by atoms with Gasteiger partial charge in [-0.25, -0.2) is 0 Å². The van der Waals surface area contributed by atoms with Gasteiger partial charge in [-0.05, 0) is 24.6 Å². The Morgan fingerprint density at radius 2 is 1.57 bits per heavy atom. The Morgan fingerprint density at radius 1 is 1.00 bits per heavy atom. The van der Waals surface area contributed by atoms with Gasteiger partial charge < -0.3 is 14.8 Å². The maximum atomic E-state index is 12.3. The molecule has 0 heterocycles. The number of amides is 1. The van der Waals surface area contributed by atoms with Crippen molar-refractivity contribution in [2.45, 2.75) is 13.0 Å². The van der Waals surface area contributed by atoms with E-state index in [0.717, 1.165) is 5.56 Å². The number of ether oxygens (including phenoxy) is 2. The van der Waals surface area contributed by atoms with Crippen LogP contribution in [-0.4, -0.2) is 20.1 Å². The summed E-state index contributed by atoms with van der Waals surface area (Å²) in [6, 6.07) is 14.9. The van der Waals surface area contributed by atoms with Gasteiger partial charge in [0.2, 0.25) is 0 Å². The van der Waals surface area contributed by atoms with E-state index in [1.165, 1.54) is 0 Å². The smallest absolute Gasteiger partial charge is 0.252 e. The number of rotatable bonds is 5. The van der Waals surface area contributed by atoms with Crippen LogP contribution in [0.5, 0.6) is 11.5 Å². The summed E-state index contributed by atoms with van der Waals surface area (Å²) < 4.78 is 10.4. The fourth-order valence-corrected chi connectivity index (χ4v) is 2.04. The maximum absolute atomic E-state index is 12.3. The second kappa shape index (κ2) is 6.79. The van der Waals surface area contributed by atoms with Gasteiger partial charge in [0.15, 0.2) is 0 Å². The number of carbonyl (C=O) groups excluding carboxylic acids is 1. The second-order valence-electron chi connectivity index (χ2n) is 4.71. The molecule has 21 heavy (non-hydrogen) atoms. The summed E-state index contributed by atoms with van der Waals surface area (Å²) in [5, 5.41) is 2.97. The molecule has 0 aliphatic rings. The van der Waals surface area contributed by atoms with Gasteiger partial charge in [0.05, 0.1) is 20.3 Å². The molecule has 110 valence electrons. The molecular formula is C17H19NO3. The lowest BCUT2D eigenvalue weighted by molar-refractivity contribution is 0.0939. The van der Waals surface area contributed by atoms with E-state index in [1.54, 1.807) is 32.4 Å². The average molecular weight is 285 g/mol. The number of benzene rings is 2. The number of hydrogen-bond donors (Lipinski definition) is 1. The van der Waals surface area contributed by atoms with Crippen LogP contribution in [0.1, 0.15) is 28.9 Å². The van der Waals surface area contributed by atoms with Crippen molar-refractivity contribution in [3.63, 3.8) is 0 Å². The van der Waals surface area contributed by atoms with E-state index >= 15 is 0 Å². The second-order valence-corrected chi connectivity index (χ2v) is 4.71. The third kappa shape index (κ3) is 3.75. The highest BCUT2D eigenvalue weighted by Crippen LogP contribution is 2.23. The highest BCUT2D eigenvalue weighted by molar-refractivity contribution is 5.95. The molecule has 0 aliphatic heterocycles. The quantitative estimate of drug-likeness (QED) is 0.917. The minimum atomic E-state index is -0.163. The highest BCUT2D eigenvalue weighted by Gasteiger charge is 2.13. The molecule has 0 bridgehead atoms. The Hall–Kier alpha value is -2.49. The predicted octanol–water partition coefficient (Wildman–Crippen LogP) is 3.19. The monoisotopic (exact) mass is 285 g/mol. The lowest BCUT2D eigenvalue weighted by Gasteiger charge is -2.15. The average Bonchev–Trinajstić information content (AvgIpc) is 2.54. The van der Waals surface area contributed by atoms with Crippen molar-refractivity contribution in [3.05, 3.63) is 59.7 Å². The Bertz CT molecular complexity index is 588. The topological polar surface area (TPSA) is 47.6 Å². The Kier molecular flexibility index (Phi) is 4.82. The Morgan fingerprint density at radius 3 is 2.10 bits per heavy atom. The fraction of sp³-hybridized carbons (Fsp3) is 0.235. The van der Waals surface area contributed by atoms with Crippen LogP contribution in [-0.2, 0) is 0 Å².